The van der Waals surface area contributed by atoms with E-state index in [9.17, 15) is 43.5 Å². The van der Waals surface area contributed by atoms with E-state index in [0.717, 1.165) is 83.5 Å². The molecule has 1 aromatic rings. The molecule has 9 N–H and O–H groups in total. The smallest absolute Gasteiger partial charge is 0.335 e. The fourth-order valence-electron chi connectivity index (χ4n) is 7.68. The van der Waals surface area contributed by atoms with E-state index in [-0.39, 0.29) is 92.1 Å². The van der Waals surface area contributed by atoms with Gasteiger partial charge in [0.1, 0.15) is 35.7 Å². The zero-order valence-electron chi connectivity index (χ0n) is 42.3. The molecule has 0 aromatic heterocycles. The molecule has 1 rings (SSSR count). The molecule has 0 aliphatic carbocycles. The topological polar surface area (TPSA) is 293 Å². The van der Waals surface area contributed by atoms with Gasteiger partial charge in [0.2, 0.25) is 17.7 Å². The first-order chi connectivity index (χ1) is 33.6. The van der Waals surface area contributed by atoms with E-state index in [0.29, 0.717) is 83.4 Å². The largest absolute Gasteiger partial charge is 0.494 e. The lowest BCUT2D eigenvalue weighted by atomic mass is 9.95. The summed E-state index contributed by atoms with van der Waals surface area (Å²) >= 11 is 0. The number of aliphatic carboxylic acids is 1. The van der Waals surface area contributed by atoms with Gasteiger partial charge in [0.15, 0.2) is 0 Å². The van der Waals surface area contributed by atoms with Crippen LogP contribution in [-0.4, -0.2) is 121 Å². The van der Waals surface area contributed by atoms with Crippen LogP contribution in [0.25, 0.3) is 0 Å². The van der Waals surface area contributed by atoms with Gasteiger partial charge in [-0.25, -0.2) is 9.59 Å². The third-order valence-electron chi connectivity index (χ3n) is 12.2. The Morgan fingerprint density at radius 1 is 0.571 bits per heavy atom. The highest BCUT2D eigenvalue weighted by atomic mass is 16.5. The highest BCUT2D eigenvalue weighted by Gasteiger charge is 2.21. The van der Waals surface area contributed by atoms with Gasteiger partial charge >= 0.3 is 11.9 Å². The second-order valence-corrected chi connectivity index (χ2v) is 18.2. The molecule has 3 amide bonds. The van der Waals surface area contributed by atoms with Crippen molar-refractivity contribution < 1.29 is 62.8 Å². The molecule has 0 radical (unpaired) electrons. The van der Waals surface area contributed by atoms with Crippen molar-refractivity contribution in [2.75, 3.05) is 46.1 Å². The molecule has 70 heavy (non-hydrogen) atoms. The number of hydrogen-bond donors (Lipinski definition) is 7. The summed E-state index contributed by atoms with van der Waals surface area (Å²) in [5.74, 6) is -2.09. The number of hydrogen-bond acceptors (Lipinski definition) is 13. The third-order valence-corrected chi connectivity index (χ3v) is 12.2. The van der Waals surface area contributed by atoms with E-state index in [1.807, 2.05) is 6.92 Å². The van der Waals surface area contributed by atoms with Crippen molar-refractivity contribution in [1.82, 2.24) is 16.0 Å². The van der Waals surface area contributed by atoms with Gasteiger partial charge < -0.3 is 51.8 Å². The van der Waals surface area contributed by atoms with Crippen molar-refractivity contribution in [3.63, 3.8) is 0 Å². The van der Waals surface area contributed by atoms with Crippen LogP contribution in [0.5, 0.6) is 5.75 Å². The van der Waals surface area contributed by atoms with Crippen LogP contribution in [0.4, 0.5) is 0 Å². The molecule has 1 aromatic carbocycles. The molecule has 18 heteroatoms. The quantitative estimate of drug-likeness (QED) is 0.0349. The maximum Gasteiger partial charge on any atom is 0.335 e. The Morgan fingerprint density at radius 3 is 1.81 bits per heavy atom. The Labute approximate surface area is 416 Å². The summed E-state index contributed by atoms with van der Waals surface area (Å²) in [4.78, 5) is 95.8. The minimum absolute atomic E-state index is 0.000671. The number of carboxylic acid groups (broad SMARTS) is 2. The van der Waals surface area contributed by atoms with Crippen LogP contribution < -0.4 is 32.2 Å². The van der Waals surface area contributed by atoms with Crippen molar-refractivity contribution in [3.05, 3.63) is 29.8 Å². The summed E-state index contributed by atoms with van der Waals surface area (Å²) in [6.07, 6.45) is 16.9. The van der Waals surface area contributed by atoms with Crippen molar-refractivity contribution in [1.29, 1.82) is 0 Å². The second kappa shape index (κ2) is 40.9. The Hall–Kier alpha value is -4.78. The van der Waals surface area contributed by atoms with Gasteiger partial charge in [-0.15, -0.1) is 0 Å². The summed E-state index contributed by atoms with van der Waals surface area (Å²) < 4.78 is 16.5. The molecule has 0 aliphatic heterocycles. The summed E-state index contributed by atoms with van der Waals surface area (Å²) in [5.41, 5.74) is 12.3. The number of nitrogens with two attached hydrogens (primary N) is 2. The maximum absolute atomic E-state index is 12.5. The van der Waals surface area contributed by atoms with Gasteiger partial charge in [0.25, 0.3) is 0 Å². The van der Waals surface area contributed by atoms with E-state index in [1.165, 1.54) is 12.1 Å². The molecule has 0 saturated heterocycles. The predicted molar refractivity (Wildman–Crippen MR) is 267 cm³/mol. The van der Waals surface area contributed by atoms with Crippen LogP contribution in [0, 0.1) is 5.92 Å². The molecule has 4 atom stereocenters. The van der Waals surface area contributed by atoms with Crippen LogP contribution in [0.15, 0.2) is 24.3 Å². The molecule has 0 spiro atoms. The summed E-state index contributed by atoms with van der Waals surface area (Å²) in [5, 5.41) is 26.7. The van der Waals surface area contributed by atoms with Crippen molar-refractivity contribution >= 4 is 47.0 Å². The van der Waals surface area contributed by atoms with E-state index in [2.05, 4.69) is 16.0 Å². The molecule has 0 aliphatic rings. The summed E-state index contributed by atoms with van der Waals surface area (Å²) in [6.45, 7) is 5.78. The van der Waals surface area contributed by atoms with Crippen LogP contribution >= 0.6 is 0 Å². The fourth-order valence-corrected chi connectivity index (χ4v) is 7.68. The average Bonchev–Trinajstić information content (AvgIpc) is 3.33. The zero-order valence-corrected chi connectivity index (χ0v) is 42.3. The number of aromatic carboxylic acids is 1. The number of unbranched alkanes of at least 4 members (excludes halogenated alkanes) is 11. The minimum atomic E-state index is -1.17. The van der Waals surface area contributed by atoms with E-state index in [1.54, 1.807) is 19.1 Å². The molecular weight excluding hydrogens is 903 g/mol. The Morgan fingerprint density at radius 2 is 1.16 bits per heavy atom. The molecule has 18 nitrogen and oxygen atoms in total. The lowest BCUT2D eigenvalue weighted by Crippen LogP contribution is -2.41. The maximum atomic E-state index is 12.5. The first-order valence-corrected chi connectivity index (χ1v) is 25.9. The van der Waals surface area contributed by atoms with Gasteiger partial charge in [-0.05, 0) is 108 Å². The van der Waals surface area contributed by atoms with Crippen LogP contribution in [0.2, 0.25) is 0 Å². The Kier molecular flexibility index (Phi) is 36.9. The minimum Gasteiger partial charge on any atom is -0.494 e. The van der Waals surface area contributed by atoms with Gasteiger partial charge in [-0.3, -0.25) is 28.8 Å². The van der Waals surface area contributed by atoms with E-state index >= 15 is 0 Å². The van der Waals surface area contributed by atoms with Gasteiger partial charge in [0, 0.05) is 51.3 Å². The zero-order chi connectivity index (χ0) is 51.8. The van der Waals surface area contributed by atoms with Gasteiger partial charge in [-0.1, -0.05) is 64.7 Å². The monoisotopic (exact) mass is 990 g/mol. The molecule has 0 saturated carbocycles. The predicted octanol–water partition coefficient (Wildman–Crippen LogP) is 6.37. The fraction of sp³-hybridized carbons (Fsp3) is 0.731. The molecule has 0 heterocycles. The number of carbonyl (C=O) groups is 8. The number of nitrogens with one attached hydrogen (secondary N) is 3. The van der Waals surface area contributed by atoms with E-state index in [4.69, 9.17) is 30.8 Å². The number of Topliss-reactive ketones (excluding diaryl/α,β-unsaturated/α-hetero) is 3. The third kappa shape index (κ3) is 33.7. The van der Waals surface area contributed by atoms with Gasteiger partial charge in [0.05, 0.1) is 37.5 Å². The summed E-state index contributed by atoms with van der Waals surface area (Å²) in [6, 6.07) is 4.07. The number of ketones is 3. The Balaban J connectivity index is 1.97. The highest BCUT2D eigenvalue weighted by Crippen LogP contribution is 2.16. The Bertz CT molecular complexity index is 1660. The first-order valence-electron chi connectivity index (χ1n) is 25.9. The lowest BCUT2D eigenvalue weighted by Gasteiger charge is -2.14. The number of benzene rings is 1. The first kappa shape index (κ1) is 63.2. The number of ether oxygens (including phenoxy) is 3. The standard InChI is InChI=1S/C52H87N5O13/c1-3-40(39(2)58)20-14-16-33-56-50(63)45(54)23-11-10-12-24-47(60)44(53)22-15-17-32-55-49(62)38-69-37-36-68-34-19-21-42(59)28-31-46(52(66)67)57-48(61)25-13-8-6-4-5-7-9-18-35-70-43-29-26-41(27-30-43)51(64)65/h26-27,29-30,40,44-46H,3-25,28,31-38,53-54H2,1-2H3,(H,55,62)(H,56,63)(H,57,61)(H,64,65)(H,66,67)/t40?,44-,45-,46-/m0/s1. The average molecular weight is 990 g/mol. The molecule has 0 bridgehead atoms. The second-order valence-electron chi connectivity index (χ2n) is 18.2. The lowest BCUT2D eigenvalue weighted by molar-refractivity contribution is -0.142. The molecule has 1 unspecified atom stereocenters. The van der Waals surface area contributed by atoms with Crippen molar-refractivity contribution in [2.45, 2.75) is 192 Å². The molecule has 398 valence electrons. The van der Waals surface area contributed by atoms with Crippen LogP contribution in [-0.2, 0) is 43.0 Å². The number of carboxylic acids is 2. The molecular formula is C52H87N5O13. The molecule has 0 fully saturated rings. The number of rotatable bonds is 47. The number of carbonyl (C=O) groups excluding carboxylic acids is 6. The van der Waals surface area contributed by atoms with Crippen LogP contribution in [0.3, 0.4) is 0 Å². The number of amides is 3. The highest BCUT2D eigenvalue weighted by molar-refractivity contribution is 5.88. The van der Waals surface area contributed by atoms with Crippen molar-refractivity contribution in [3.8, 4) is 5.75 Å². The SMILES string of the molecule is CCC(CCCCNC(=O)[C@@H](N)CCCCCC(=O)[C@@H](N)CCCCNC(=O)COCCOCCCC(=O)CC[C@H](NC(=O)CCCCCCCCCCOc1ccc(C(=O)O)cc1)C(=O)O)C(C)=O. The van der Waals surface area contributed by atoms with Crippen LogP contribution in [0.1, 0.15) is 185 Å². The summed E-state index contributed by atoms with van der Waals surface area (Å²) in [7, 11) is 0. The normalized spacial score (nSPS) is 12.9. The van der Waals surface area contributed by atoms with Gasteiger partial charge in [-0.2, -0.15) is 0 Å². The van der Waals surface area contributed by atoms with E-state index < -0.39 is 30.1 Å². The van der Waals surface area contributed by atoms with Crippen molar-refractivity contribution in [2.24, 2.45) is 17.4 Å².